The Labute approximate surface area is 171 Å². The highest BCUT2D eigenvalue weighted by molar-refractivity contribution is 6.32. The number of rotatable bonds is 6. The Hall–Kier alpha value is -2.71. The third-order valence-electron chi connectivity index (χ3n) is 4.88. The SMILES string of the molecule is Fc1c(Nc2ncnc3ccc(O[C@H]4CCNC4)nc23)ccc(OC2CC2)c1Cl. The number of halogens is 2. The molecular formula is C20H19ClFN5O2. The van der Waals surface area contributed by atoms with E-state index in [1.165, 1.54) is 6.33 Å². The van der Waals surface area contributed by atoms with Crippen molar-refractivity contribution in [1.82, 2.24) is 20.3 Å². The van der Waals surface area contributed by atoms with Gasteiger partial charge in [-0.1, -0.05) is 11.6 Å². The number of nitrogens with zero attached hydrogens (tertiary/aromatic N) is 3. The lowest BCUT2D eigenvalue weighted by atomic mass is 10.2. The van der Waals surface area contributed by atoms with E-state index in [1.54, 1.807) is 18.2 Å². The largest absolute Gasteiger partial charge is 0.489 e. The van der Waals surface area contributed by atoms with Gasteiger partial charge in [-0.2, -0.15) is 0 Å². The second-order valence-electron chi connectivity index (χ2n) is 7.15. The molecule has 0 radical (unpaired) electrons. The van der Waals surface area contributed by atoms with Crippen LogP contribution in [0.5, 0.6) is 11.6 Å². The van der Waals surface area contributed by atoms with E-state index < -0.39 is 5.82 Å². The fourth-order valence-electron chi connectivity index (χ4n) is 3.19. The van der Waals surface area contributed by atoms with E-state index in [4.69, 9.17) is 21.1 Å². The summed E-state index contributed by atoms with van der Waals surface area (Å²) in [5.41, 5.74) is 1.30. The third-order valence-corrected chi connectivity index (χ3v) is 5.23. The maximum atomic E-state index is 14.8. The van der Waals surface area contributed by atoms with Crippen molar-refractivity contribution in [3.05, 3.63) is 41.4 Å². The van der Waals surface area contributed by atoms with E-state index in [0.29, 0.717) is 28.5 Å². The molecule has 2 fully saturated rings. The van der Waals surface area contributed by atoms with Crippen molar-refractivity contribution in [1.29, 1.82) is 0 Å². The number of ether oxygens (including phenoxy) is 2. The van der Waals surface area contributed by atoms with Crippen LogP contribution in [0.25, 0.3) is 11.0 Å². The Kier molecular flexibility index (Phi) is 4.81. The van der Waals surface area contributed by atoms with Crippen LogP contribution in [-0.4, -0.2) is 40.2 Å². The molecule has 1 aliphatic heterocycles. The second-order valence-corrected chi connectivity index (χ2v) is 7.53. The molecule has 2 N–H and O–H groups in total. The monoisotopic (exact) mass is 415 g/mol. The smallest absolute Gasteiger partial charge is 0.214 e. The van der Waals surface area contributed by atoms with Gasteiger partial charge in [0, 0.05) is 12.6 Å². The Morgan fingerprint density at radius 3 is 2.76 bits per heavy atom. The molecule has 2 aliphatic rings. The molecule has 0 spiro atoms. The highest BCUT2D eigenvalue weighted by Crippen LogP contribution is 2.37. The van der Waals surface area contributed by atoms with Gasteiger partial charge in [-0.3, -0.25) is 0 Å². The van der Waals surface area contributed by atoms with E-state index in [0.717, 1.165) is 32.4 Å². The lowest BCUT2D eigenvalue weighted by Crippen LogP contribution is -2.20. The first-order valence-corrected chi connectivity index (χ1v) is 9.96. The number of nitrogens with one attached hydrogen (secondary N) is 2. The fraction of sp³-hybridized carbons (Fsp3) is 0.350. The van der Waals surface area contributed by atoms with Gasteiger partial charge in [0.05, 0.1) is 17.3 Å². The van der Waals surface area contributed by atoms with Gasteiger partial charge < -0.3 is 20.1 Å². The molecule has 1 saturated heterocycles. The lowest BCUT2D eigenvalue weighted by Gasteiger charge is -2.14. The topological polar surface area (TPSA) is 81.2 Å². The zero-order chi connectivity index (χ0) is 19.8. The van der Waals surface area contributed by atoms with Crippen LogP contribution in [0.3, 0.4) is 0 Å². The minimum absolute atomic E-state index is 0.0500. The van der Waals surface area contributed by atoms with Crippen LogP contribution in [0.15, 0.2) is 30.6 Å². The van der Waals surface area contributed by atoms with Crippen molar-refractivity contribution >= 4 is 34.1 Å². The number of hydrogen-bond donors (Lipinski definition) is 2. The molecule has 3 heterocycles. The standard InChI is InChI=1S/C20H19ClFN5O2/c21-17-15(28-11-1-2-11)5-3-13(18(17)22)26-20-19-14(24-10-25-20)4-6-16(27-19)29-12-7-8-23-9-12/h3-6,10-12,23H,1-2,7-9H2,(H,24,25,26)/t12-/m0/s1. The Morgan fingerprint density at radius 1 is 1.07 bits per heavy atom. The van der Waals surface area contributed by atoms with Gasteiger partial charge in [0.2, 0.25) is 5.88 Å². The van der Waals surface area contributed by atoms with Crippen molar-refractivity contribution in [2.75, 3.05) is 18.4 Å². The van der Waals surface area contributed by atoms with Crippen molar-refractivity contribution in [2.24, 2.45) is 0 Å². The normalized spacial score (nSPS) is 18.8. The van der Waals surface area contributed by atoms with Crippen LogP contribution < -0.4 is 20.1 Å². The molecule has 0 amide bonds. The highest BCUT2D eigenvalue weighted by atomic mass is 35.5. The second kappa shape index (κ2) is 7.61. The average Bonchev–Trinajstić information content (AvgIpc) is 3.41. The summed E-state index contributed by atoms with van der Waals surface area (Å²) in [6.45, 7) is 1.71. The van der Waals surface area contributed by atoms with Crippen molar-refractivity contribution in [2.45, 2.75) is 31.5 Å². The summed E-state index contributed by atoms with van der Waals surface area (Å²) in [6, 6.07) is 6.82. The van der Waals surface area contributed by atoms with Gasteiger partial charge in [-0.15, -0.1) is 0 Å². The van der Waals surface area contributed by atoms with E-state index in [2.05, 4.69) is 25.6 Å². The van der Waals surface area contributed by atoms with Crippen LogP contribution >= 0.6 is 11.6 Å². The van der Waals surface area contributed by atoms with E-state index >= 15 is 0 Å². The predicted molar refractivity (Wildman–Crippen MR) is 108 cm³/mol. The van der Waals surface area contributed by atoms with Crippen LogP contribution in [0.4, 0.5) is 15.9 Å². The predicted octanol–water partition coefficient (Wildman–Crippen LogP) is 3.84. The van der Waals surface area contributed by atoms with Crippen LogP contribution in [0, 0.1) is 5.82 Å². The molecule has 1 saturated carbocycles. The molecular weight excluding hydrogens is 397 g/mol. The highest BCUT2D eigenvalue weighted by Gasteiger charge is 2.26. The molecule has 7 nitrogen and oxygen atoms in total. The molecule has 3 aromatic rings. The van der Waals surface area contributed by atoms with Gasteiger partial charge in [0.15, 0.2) is 11.6 Å². The number of pyridine rings is 1. The Morgan fingerprint density at radius 2 is 1.97 bits per heavy atom. The minimum Gasteiger partial charge on any atom is -0.489 e. The van der Waals surface area contributed by atoms with Gasteiger partial charge in [-0.05, 0) is 44.0 Å². The van der Waals surface area contributed by atoms with Crippen molar-refractivity contribution in [3.63, 3.8) is 0 Å². The van der Waals surface area contributed by atoms with Crippen molar-refractivity contribution < 1.29 is 13.9 Å². The molecule has 2 aromatic heterocycles. The van der Waals surface area contributed by atoms with Crippen LogP contribution in [0.2, 0.25) is 5.02 Å². The molecule has 1 aliphatic carbocycles. The van der Waals surface area contributed by atoms with Gasteiger partial charge in [0.25, 0.3) is 0 Å². The quantitative estimate of drug-likeness (QED) is 0.633. The minimum atomic E-state index is -0.596. The fourth-order valence-corrected chi connectivity index (χ4v) is 3.40. The number of anilines is 2. The maximum absolute atomic E-state index is 14.8. The molecule has 0 unspecified atom stereocenters. The summed E-state index contributed by atoms with van der Waals surface area (Å²) in [5, 5.41) is 6.18. The average molecular weight is 416 g/mol. The number of fused-ring (bicyclic) bond motifs is 1. The molecule has 150 valence electrons. The first-order valence-electron chi connectivity index (χ1n) is 9.58. The zero-order valence-electron chi connectivity index (χ0n) is 15.5. The molecule has 5 rings (SSSR count). The molecule has 0 bridgehead atoms. The van der Waals surface area contributed by atoms with E-state index in [9.17, 15) is 4.39 Å². The molecule has 29 heavy (non-hydrogen) atoms. The number of benzene rings is 1. The van der Waals surface area contributed by atoms with Gasteiger partial charge in [0.1, 0.15) is 28.7 Å². The summed E-state index contributed by atoms with van der Waals surface area (Å²) in [4.78, 5) is 13.0. The zero-order valence-corrected chi connectivity index (χ0v) is 16.2. The van der Waals surface area contributed by atoms with E-state index in [1.807, 2.05) is 6.07 Å². The summed E-state index contributed by atoms with van der Waals surface area (Å²) in [6.07, 6.45) is 4.48. The number of aromatic nitrogens is 3. The third kappa shape index (κ3) is 3.90. The van der Waals surface area contributed by atoms with Gasteiger partial charge in [-0.25, -0.2) is 19.3 Å². The lowest BCUT2D eigenvalue weighted by molar-refractivity contribution is 0.215. The Balaban J connectivity index is 1.44. The summed E-state index contributed by atoms with van der Waals surface area (Å²) >= 11 is 6.16. The summed E-state index contributed by atoms with van der Waals surface area (Å²) in [7, 11) is 0. The summed E-state index contributed by atoms with van der Waals surface area (Å²) < 4.78 is 26.4. The van der Waals surface area contributed by atoms with Crippen molar-refractivity contribution in [3.8, 4) is 11.6 Å². The first kappa shape index (κ1) is 18.3. The molecule has 1 aromatic carbocycles. The Bertz CT molecular complexity index is 1060. The summed E-state index contributed by atoms with van der Waals surface area (Å²) in [5.74, 6) is 0.608. The van der Waals surface area contributed by atoms with E-state index in [-0.39, 0.29) is 22.9 Å². The first-order chi connectivity index (χ1) is 14.2. The molecule has 9 heteroatoms. The van der Waals surface area contributed by atoms with Crippen LogP contribution in [-0.2, 0) is 0 Å². The van der Waals surface area contributed by atoms with Crippen LogP contribution in [0.1, 0.15) is 19.3 Å². The maximum Gasteiger partial charge on any atom is 0.214 e. The molecule has 1 atom stereocenters. The van der Waals surface area contributed by atoms with Gasteiger partial charge >= 0.3 is 0 Å². The number of hydrogen-bond acceptors (Lipinski definition) is 7.